The van der Waals surface area contributed by atoms with Crippen molar-refractivity contribution in [3.05, 3.63) is 60.8 Å². The van der Waals surface area contributed by atoms with E-state index in [1.807, 2.05) is 24.3 Å². The molecule has 0 aromatic heterocycles. The first-order valence-electron chi connectivity index (χ1n) is 8.27. The molecule has 0 atom stereocenters. The van der Waals surface area contributed by atoms with Gasteiger partial charge in [-0.2, -0.15) is 0 Å². The minimum absolute atomic E-state index is 0.247. The normalized spacial score (nSPS) is 12.8. The van der Waals surface area contributed by atoms with Crippen LogP contribution in [0.15, 0.2) is 60.8 Å². The summed E-state index contributed by atoms with van der Waals surface area (Å²) in [5.41, 5.74) is 0. The Bertz CT molecular complexity index is 398. The third-order valence-electron chi connectivity index (χ3n) is 2.95. The molecule has 2 nitrogen and oxygen atoms in total. The van der Waals surface area contributed by atoms with E-state index in [-0.39, 0.29) is 6.42 Å². The number of hydrogen-bond acceptors (Lipinski definition) is 1. The lowest BCUT2D eigenvalue weighted by molar-refractivity contribution is -0.137. The summed E-state index contributed by atoms with van der Waals surface area (Å²) in [5.74, 6) is -0.723. The molecule has 0 heterocycles. The van der Waals surface area contributed by atoms with Crippen LogP contribution in [-0.4, -0.2) is 11.1 Å². The van der Waals surface area contributed by atoms with Crippen molar-refractivity contribution >= 4 is 5.97 Å². The fourth-order valence-corrected chi connectivity index (χ4v) is 1.76. The summed E-state index contributed by atoms with van der Waals surface area (Å²) in [4.78, 5) is 10.3. The zero-order valence-corrected chi connectivity index (χ0v) is 13.8. The fourth-order valence-electron chi connectivity index (χ4n) is 1.76. The van der Waals surface area contributed by atoms with Gasteiger partial charge in [-0.25, -0.2) is 0 Å². The molecule has 0 unspecified atom stereocenters. The molecule has 122 valence electrons. The van der Waals surface area contributed by atoms with Crippen LogP contribution in [0.5, 0.6) is 0 Å². The van der Waals surface area contributed by atoms with Gasteiger partial charge >= 0.3 is 5.97 Å². The van der Waals surface area contributed by atoms with Gasteiger partial charge < -0.3 is 5.11 Å². The molecule has 0 saturated heterocycles. The quantitative estimate of drug-likeness (QED) is 0.258. The van der Waals surface area contributed by atoms with Gasteiger partial charge in [-0.15, -0.1) is 0 Å². The van der Waals surface area contributed by atoms with Crippen LogP contribution < -0.4 is 0 Å². The molecule has 0 bridgehead atoms. The van der Waals surface area contributed by atoms with E-state index in [0.29, 0.717) is 6.42 Å². The molecular weight excluding hydrogens is 272 g/mol. The van der Waals surface area contributed by atoms with Crippen LogP contribution in [-0.2, 0) is 4.79 Å². The van der Waals surface area contributed by atoms with E-state index >= 15 is 0 Å². The maximum absolute atomic E-state index is 10.3. The minimum Gasteiger partial charge on any atom is -0.481 e. The number of aliphatic carboxylic acids is 1. The number of unbranched alkanes of at least 4 members (excludes halogenated alkanes) is 3. The van der Waals surface area contributed by atoms with Gasteiger partial charge in [-0.1, -0.05) is 67.7 Å². The molecule has 0 aliphatic heterocycles. The van der Waals surface area contributed by atoms with Gasteiger partial charge in [0.1, 0.15) is 0 Å². The molecule has 1 N–H and O–H groups in total. The highest BCUT2D eigenvalue weighted by atomic mass is 16.4. The number of rotatable bonds is 13. The van der Waals surface area contributed by atoms with Crippen molar-refractivity contribution in [2.45, 2.75) is 58.3 Å². The molecule has 0 spiro atoms. The monoisotopic (exact) mass is 302 g/mol. The lowest BCUT2D eigenvalue weighted by atomic mass is 10.2. The second kappa shape index (κ2) is 17.2. The van der Waals surface area contributed by atoms with Crippen LogP contribution in [0, 0.1) is 0 Å². The summed E-state index contributed by atoms with van der Waals surface area (Å²) in [6.45, 7) is 2.15. The summed E-state index contributed by atoms with van der Waals surface area (Å²) >= 11 is 0. The summed E-state index contributed by atoms with van der Waals surface area (Å²) in [6.07, 6.45) is 28.5. The van der Waals surface area contributed by atoms with Gasteiger partial charge in [-0.3, -0.25) is 4.79 Å². The summed E-state index contributed by atoms with van der Waals surface area (Å²) in [5, 5.41) is 8.48. The van der Waals surface area contributed by atoms with Crippen LogP contribution in [0.3, 0.4) is 0 Å². The molecule has 0 fully saturated rings. The molecule has 0 aromatic rings. The molecule has 0 saturated carbocycles. The van der Waals surface area contributed by atoms with E-state index in [2.05, 4.69) is 43.4 Å². The topological polar surface area (TPSA) is 37.3 Å². The van der Waals surface area contributed by atoms with E-state index in [4.69, 9.17) is 5.11 Å². The van der Waals surface area contributed by atoms with Gasteiger partial charge in [-0.05, 0) is 44.9 Å². The maximum atomic E-state index is 10.3. The molecule has 0 aromatic carbocycles. The van der Waals surface area contributed by atoms with Crippen LogP contribution in [0.25, 0.3) is 0 Å². The Balaban J connectivity index is 3.46. The van der Waals surface area contributed by atoms with Crippen molar-refractivity contribution in [2.24, 2.45) is 0 Å². The van der Waals surface area contributed by atoms with Crippen molar-refractivity contribution in [3.63, 3.8) is 0 Å². The number of carbonyl (C=O) groups is 1. The Hall–Kier alpha value is -1.83. The average molecular weight is 302 g/mol. The third-order valence-corrected chi connectivity index (χ3v) is 2.95. The Morgan fingerprint density at radius 1 is 0.773 bits per heavy atom. The highest BCUT2D eigenvalue weighted by Crippen LogP contribution is 2.00. The first kappa shape index (κ1) is 20.2. The molecule has 0 aliphatic carbocycles. The molecule has 2 heteroatoms. The van der Waals surface area contributed by atoms with E-state index in [1.165, 1.54) is 6.42 Å². The van der Waals surface area contributed by atoms with Crippen molar-refractivity contribution in [1.29, 1.82) is 0 Å². The van der Waals surface area contributed by atoms with E-state index in [0.717, 1.165) is 32.1 Å². The fraction of sp³-hybridized carbons (Fsp3) is 0.450. The van der Waals surface area contributed by atoms with E-state index in [9.17, 15) is 4.79 Å². The predicted octanol–water partition coefficient (Wildman–Crippen LogP) is 5.99. The Labute approximate surface area is 135 Å². The second-order valence-electron chi connectivity index (χ2n) is 5.04. The number of allylic oxidation sites excluding steroid dienone is 10. The predicted molar refractivity (Wildman–Crippen MR) is 95.9 cm³/mol. The highest BCUT2D eigenvalue weighted by molar-refractivity contribution is 5.66. The lowest BCUT2D eigenvalue weighted by Gasteiger charge is -1.89. The zero-order chi connectivity index (χ0) is 16.3. The highest BCUT2D eigenvalue weighted by Gasteiger charge is 1.92. The maximum Gasteiger partial charge on any atom is 0.303 e. The minimum atomic E-state index is -0.723. The van der Waals surface area contributed by atoms with Crippen molar-refractivity contribution in [1.82, 2.24) is 0 Å². The Morgan fingerprint density at radius 2 is 1.36 bits per heavy atom. The van der Waals surface area contributed by atoms with Crippen LogP contribution >= 0.6 is 0 Å². The summed E-state index contributed by atoms with van der Waals surface area (Å²) in [7, 11) is 0. The third kappa shape index (κ3) is 18.2. The molecule has 0 amide bonds. The van der Waals surface area contributed by atoms with Crippen LogP contribution in [0.1, 0.15) is 58.3 Å². The molecule has 0 radical (unpaired) electrons. The van der Waals surface area contributed by atoms with Gasteiger partial charge in [0.25, 0.3) is 0 Å². The van der Waals surface area contributed by atoms with Crippen LogP contribution in [0.4, 0.5) is 0 Å². The van der Waals surface area contributed by atoms with E-state index in [1.54, 1.807) is 0 Å². The molecule has 0 aliphatic rings. The van der Waals surface area contributed by atoms with Gasteiger partial charge in [0.2, 0.25) is 0 Å². The summed E-state index contributed by atoms with van der Waals surface area (Å²) < 4.78 is 0. The standard InChI is InChI=1S/C20H30O2/c1-2-3-4-5-6-7-8-9-10-11-12-13-14-15-16-17-18-19-20(21)22/h3-4,6-7,11-16H,2,5,8-10,17-19H2,1H3,(H,21,22)/b4-3-,7-6-,12-11+,14-13+,16-15+. The van der Waals surface area contributed by atoms with Crippen LogP contribution in [0.2, 0.25) is 0 Å². The number of carboxylic acids is 1. The smallest absolute Gasteiger partial charge is 0.303 e. The summed E-state index contributed by atoms with van der Waals surface area (Å²) in [6, 6.07) is 0. The Kier molecular flexibility index (Phi) is 15.8. The van der Waals surface area contributed by atoms with E-state index < -0.39 is 5.97 Å². The Morgan fingerprint density at radius 3 is 2.00 bits per heavy atom. The molecule has 0 rings (SSSR count). The first-order valence-corrected chi connectivity index (χ1v) is 8.27. The van der Waals surface area contributed by atoms with Crippen molar-refractivity contribution in [2.75, 3.05) is 0 Å². The number of hydrogen-bond donors (Lipinski definition) is 1. The second-order valence-corrected chi connectivity index (χ2v) is 5.04. The van der Waals surface area contributed by atoms with Gasteiger partial charge in [0.15, 0.2) is 0 Å². The van der Waals surface area contributed by atoms with Gasteiger partial charge in [0, 0.05) is 6.42 Å². The lowest BCUT2D eigenvalue weighted by Crippen LogP contribution is -1.92. The molecule has 22 heavy (non-hydrogen) atoms. The van der Waals surface area contributed by atoms with Gasteiger partial charge in [0.05, 0.1) is 0 Å². The number of carboxylic acid groups (broad SMARTS) is 1. The SMILES string of the molecule is CC/C=C\C/C=C\CCC/C=C/C=C/C=C/CCCC(=O)O. The zero-order valence-electron chi connectivity index (χ0n) is 13.8. The molecular formula is C20H30O2. The first-order chi connectivity index (χ1) is 10.8. The largest absolute Gasteiger partial charge is 0.481 e. The van der Waals surface area contributed by atoms with Crippen molar-refractivity contribution in [3.8, 4) is 0 Å². The van der Waals surface area contributed by atoms with Crippen molar-refractivity contribution < 1.29 is 9.90 Å². The average Bonchev–Trinajstić information content (AvgIpc) is 2.50.